The van der Waals surface area contributed by atoms with Gasteiger partial charge in [-0.15, -0.1) is 0 Å². The number of carbonyl (C=O) groups is 1. The van der Waals surface area contributed by atoms with Gasteiger partial charge in [0.2, 0.25) is 5.91 Å². The second-order valence-corrected chi connectivity index (χ2v) is 7.01. The van der Waals surface area contributed by atoms with Crippen LogP contribution in [0.2, 0.25) is 0 Å². The van der Waals surface area contributed by atoms with E-state index in [1.807, 2.05) is 41.1 Å². The van der Waals surface area contributed by atoms with Crippen LogP contribution in [0.25, 0.3) is 11.0 Å². The molecule has 3 aromatic rings. The molecule has 0 bridgehead atoms. The van der Waals surface area contributed by atoms with Gasteiger partial charge in [-0.3, -0.25) is 4.79 Å². The third-order valence-corrected chi connectivity index (χ3v) is 5.11. The van der Waals surface area contributed by atoms with Crippen molar-refractivity contribution in [1.82, 2.24) is 25.4 Å². The van der Waals surface area contributed by atoms with Crippen LogP contribution in [0.1, 0.15) is 30.0 Å². The van der Waals surface area contributed by atoms with E-state index in [9.17, 15) is 4.79 Å². The summed E-state index contributed by atoms with van der Waals surface area (Å²) in [6.07, 6.45) is 4.17. The fourth-order valence-electron chi connectivity index (χ4n) is 3.67. The molecular weight excluding hydrogens is 338 g/mol. The topological polar surface area (TPSA) is 71.8 Å². The van der Waals surface area contributed by atoms with Crippen molar-refractivity contribution >= 4 is 16.9 Å². The first-order valence-electron chi connectivity index (χ1n) is 9.64. The predicted octanol–water partition coefficient (Wildman–Crippen LogP) is 2.26. The second-order valence-electron chi connectivity index (χ2n) is 7.01. The highest BCUT2D eigenvalue weighted by Crippen LogP contribution is 2.27. The lowest BCUT2D eigenvalue weighted by Gasteiger charge is -2.07. The lowest BCUT2D eigenvalue weighted by molar-refractivity contribution is -0.121. The zero-order chi connectivity index (χ0) is 18.5. The molecule has 0 unspecified atom stereocenters. The van der Waals surface area contributed by atoms with E-state index in [2.05, 4.69) is 21.7 Å². The van der Waals surface area contributed by atoms with Gasteiger partial charge in [0.1, 0.15) is 0 Å². The van der Waals surface area contributed by atoms with Gasteiger partial charge in [0, 0.05) is 37.0 Å². The van der Waals surface area contributed by atoms with Crippen LogP contribution < -0.4 is 10.6 Å². The lowest BCUT2D eigenvalue weighted by Crippen LogP contribution is -2.27. The largest absolute Gasteiger partial charge is 0.354 e. The van der Waals surface area contributed by atoms with Crippen LogP contribution in [-0.2, 0) is 17.8 Å². The summed E-state index contributed by atoms with van der Waals surface area (Å²) in [6.45, 7) is 3.20. The Labute approximate surface area is 159 Å². The maximum absolute atomic E-state index is 12.1. The molecule has 0 radical (unpaired) electrons. The minimum Gasteiger partial charge on any atom is -0.354 e. The van der Waals surface area contributed by atoms with Crippen molar-refractivity contribution in [2.75, 3.05) is 19.6 Å². The monoisotopic (exact) mass is 363 g/mol. The van der Waals surface area contributed by atoms with E-state index in [0.29, 0.717) is 25.4 Å². The molecular formula is C21H25N5O. The third-order valence-electron chi connectivity index (χ3n) is 5.11. The van der Waals surface area contributed by atoms with Crippen LogP contribution in [0.3, 0.4) is 0 Å². The van der Waals surface area contributed by atoms with Crippen molar-refractivity contribution in [2.24, 2.45) is 0 Å². The minimum absolute atomic E-state index is 0.0727. The van der Waals surface area contributed by atoms with Gasteiger partial charge in [-0.2, -0.15) is 5.10 Å². The molecule has 6 nitrogen and oxygen atoms in total. The standard InChI is InChI=1S/C21H25N5O/c27-19(9-8-16-5-2-1-3-6-16)23-13-14-26-21-18(7-4-11-24-21)20(25-26)17-10-12-22-15-17/h1-7,11,17,22H,8-10,12-15H2,(H,23,27)/t17-/m0/s1. The lowest BCUT2D eigenvalue weighted by atomic mass is 10.0. The van der Waals surface area contributed by atoms with Gasteiger partial charge in [-0.25, -0.2) is 9.67 Å². The number of hydrogen-bond donors (Lipinski definition) is 2. The molecule has 4 rings (SSSR count). The van der Waals surface area contributed by atoms with E-state index >= 15 is 0 Å². The number of benzene rings is 1. The summed E-state index contributed by atoms with van der Waals surface area (Å²) in [4.78, 5) is 16.6. The van der Waals surface area contributed by atoms with E-state index in [1.165, 1.54) is 5.56 Å². The molecule has 1 aliphatic heterocycles. The number of fused-ring (bicyclic) bond motifs is 1. The summed E-state index contributed by atoms with van der Waals surface area (Å²) in [5, 5.41) is 12.4. The second kappa shape index (κ2) is 8.31. The smallest absolute Gasteiger partial charge is 0.220 e. The van der Waals surface area contributed by atoms with Crippen molar-refractivity contribution in [3.63, 3.8) is 0 Å². The summed E-state index contributed by atoms with van der Waals surface area (Å²) in [5.74, 6) is 0.516. The van der Waals surface area contributed by atoms with Crippen LogP contribution >= 0.6 is 0 Å². The Bertz CT molecular complexity index is 899. The zero-order valence-corrected chi connectivity index (χ0v) is 15.4. The number of rotatable bonds is 7. The molecule has 1 aliphatic rings. The number of aryl methyl sites for hydroxylation is 1. The minimum atomic E-state index is 0.0727. The molecule has 140 valence electrons. The molecule has 1 saturated heterocycles. The molecule has 1 atom stereocenters. The number of aromatic nitrogens is 3. The molecule has 0 aliphatic carbocycles. The first-order chi connectivity index (χ1) is 13.3. The van der Waals surface area contributed by atoms with Crippen molar-refractivity contribution in [1.29, 1.82) is 0 Å². The fourth-order valence-corrected chi connectivity index (χ4v) is 3.67. The number of hydrogen-bond acceptors (Lipinski definition) is 4. The third kappa shape index (κ3) is 4.17. The highest BCUT2D eigenvalue weighted by molar-refractivity contribution is 5.79. The molecule has 6 heteroatoms. The summed E-state index contributed by atoms with van der Waals surface area (Å²) in [5.41, 5.74) is 3.21. The van der Waals surface area contributed by atoms with Gasteiger partial charge in [0.25, 0.3) is 0 Å². The highest BCUT2D eigenvalue weighted by Gasteiger charge is 2.23. The van der Waals surface area contributed by atoms with E-state index in [4.69, 9.17) is 5.10 Å². The molecule has 2 aromatic heterocycles. The average Bonchev–Trinajstić information content (AvgIpc) is 3.35. The highest BCUT2D eigenvalue weighted by atomic mass is 16.1. The summed E-state index contributed by atoms with van der Waals surface area (Å²) < 4.78 is 1.93. The predicted molar refractivity (Wildman–Crippen MR) is 106 cm³/mol. The molecule has 3 heterocycles. The number of carbonyl (C=O) groups excluding carboxylic acids is 1. The molecule has 2 N–H and O–H groups in total. The van der Waals surface area contributed by atoms with E-state index < -0.39 is 0 Å². The zero-order valence-electron chi connectivity index (χ0n) is 15.4. The molecule has 1 aromatic carbocycles. The fraction of sp³-hybridized carbons (Fsp3) is 0.381. The number of amides is 1. The van der Waals surface area contributed by atoms with Crippen molar-refractivity contribution < 1.29 is 4.79 Å². The Morgan fingerprint density at radius 2 is 2.11 bits per heavy atom. The average molecular weight is 363 g/mol. The molecule has 27 heavy (non-hydrogen) atoms. The van der Waals surface area contributed by atoms with Gasteiger partial charge in [-0.05, 0) is 37.1 Å². The summed E-state index contributed by atoms with van der Waals surface area (Å²) in [6, 6.07) is 14.1. The first-order valence-corrected chi connectivity index (χ1v) is 9.64. The van der Waals surface area contributed by atoms with Crippen molar-refractivity contribution in [3.05, 3.63) is 59.9 Å². The van der Waals surface area contributed by atoms with Gasteiger partial charge in [-0.1, -0.05) is 30.3 Å². The van der Waals surface area contributed by atoms with Gasteiger partial charge >= 0.3 is 0 Å². The molecule has 1 fully saturated rings. The Balaban J connectivity index is 1.35. The SMILES string of the molecule is O=C(CCc1ccccc1)NCCn1nc([C@H]2CCNC2)c2cccnc21. The van der Waals surface area contributed by atoms with E-state index in [-0.39, 0.29) is 5.91 Å². The number of nitrogens with one attached hydrogen (secondary N) is 2. The van der Waals surface area contributed by atoms with Crippen LogP contribution in [0.5, 0.6) is 0 Å². The van der Waals surface area contributed by atoms with Crippen LogP contribution in [0.4, 0.5) is 0 Å². The Morgan fingerprint density at radius 1 is 1.22 bits per heavy atom. The van der Waals surface area contributed by atoms with Gasteiger partial charge < -0.3 is 10.6 Å². The quantitative estimate of drug-likeness (QED) is 0.675. The van der Waals surface area contributed by atoms with E-state index in [0.717, 1.165) is 42.7 Å². The maximum atomic E-state index is 12.1. The molecule has 0 saturated carbocycles. The Hall–Kier alpha value is -2.73. The van der Waals surface area contributed by atoms with E-state index in [1.54, 1.807) is 6.20 Å². The maximum Gasteiger partial charge on any atom is 0.220 e. The van der Waals surface area contributed by atoms with Crippen LogP contribution in [0, 0.1) is 0 Å². The summed E-state index contributed by atoms with van der Waals surface area (Å²) in [7, 11) is 0. The normalized spacial score (nSPS) is 16.7. The summed E-state index contributed by atoms with van der Waals surface area (Å²) >= 11 is 0. The molecule has 1 amide bonds. The number of nitrogens with zero attached hydrogens (tertiary/aromatic N) is 3. The van der Waals surface area contributed by atoms with Crippen LogP contribution in [-0.4, -0.2) is 40.3 Å². The molecule has 0 spiro atoms. The van der Waals surface area contributed by atoms with Gasteiger partial charge in [0.05, 0.1) is 12.2 Å². The van der Waals surface area contributed by atoms with Crippen LogP contribution in [0.15, 0.2) is 48.7 Å². The number of pyridine rings is 1. The Morgan fingerprint density at radius 3 is 2.93 bits per heavy atom. The first kappa shape index (κ1) is 17.7. The van der Waals surface area contributed by atoms with Gasteiger partial charge in [0.15, 0.2) is 5.65 Å². The van der Waals surface area contributed by atoms with Crippen molar-refractivity contribution in [3.8, 4) is 0 Å². The van der Waals surface area contributed by atoms with Crippen molar-refractivity contribution in [2.45, 2.75) is 31.7 Å². The Kier molecular flexibility index (Phi) is 5.44.